The predicted molar refractivity (Wildman–Crippen MR) is 100 cm³/mol. The summed E-state index contributed by atoms with van der Waals surface area (Å²) in [7, 11) is 0. The van der Waals surface area contributed by atoms with Crippen LogP contribution in [-0.2, 0) is 0 Å². The van der Waals surface area contributed by atoms with Gasteiger partial charge in [0.1, 0.15) is 0 Å². The van der Waals surface area contributed by atoms with Gasteiger partial charge in [-0.1, -0.05) is 48.5 Å². The second kappa shape index (κ2) is 7.85. The van der Waals surface area contributed by atoms with Crippen molar-refractivity contribution in [3.05, 3.63) is 100 Å². The van der Waals surface area contributed by atoms with Crippen molar-refractivity contribution in [2.45, 2.75) is 0 Å². The summed E-state index contributed by atoms with van der Waals surface area (Å²) in [4.78, 5) is 26.7. The first-order chi connectivity index (χ1) is 12.6. The number of ketones is 1. The van der Waals surface area contributed by atoms with E-state index in [9.17, 15) is 14.9 Å². The molecule has 3 aromatic rings. The summed E-state index contributed by atoms with van der Waals surface area (Å²) in [6.45, 7) is 0. The Morgan fingerprint density at radius 3 is 2.62 bits per heavy atom. The van der Waals surface area contributed by atoms with Crippen LogP contribution in [0, 0.1) is 10.1 Å². The summed E-state index contributed by atoms with van der Waals surface area (Å²) in [5.74, 6) is 0.0725. The van der Waals surface area contributed by atoms with E-state index in [2.05, 4.69) is 10.3 Å². The van der Waals surface area contributed by atoms with Crippen molar-refractivity contribution in [3.8, 4) is 0 Å². The standard InChI is InChI=1S/C20H15N3O3/c24-19(16-7-2-1-3-8-16)12-11-15-6-4-9-17(14-15)22-20-18(23(25)26)10-5-13-21-20/h1-14H,(H,21,22). The van der Waals surface area contributed by atoms with Gasteiger partial charge >= 0.3 is 5.69 Å². The van der Waals surface area contributed by atoms with E-state index in [0.717, 1.165) is 5.56 Å². The number of rotatable bonds is 6. The topological polar surface area (TPSA) is 85.1 Å². The molecule has 0 radical (unpaired) electrons. The Hall–Kier alpha value is -3.80. The van der Waals surface area contributed by atoms with E-state index in [1.807, 2.05) is 24.3 Å². The van der Waals surface area contributed by atoms with Gasteiger partial charge in [0.15, 0.2) is 5.78 Å². The van der Waals surface area contributed by atoms with Gasteiger partial charge in [0, 0.05) is 23.5 Å². The zero-order chi connectivity index (χ0) is 18.4. The average Bonchev–Trinajstić information content (AvgIpc) is 2.67. The number of carbonyl (C=O) groups excluding carboxylic acids is 1. The quantitative estimate of drug-likeness (QED) is 0.305. The minimum absolute atomic E-state index is 0.0932. The summed E-state index contributed by atoms with van der Waals surface area (Å²) >= 11 is 0. The number of carbonyl (C=O) groups is 1. The molecule has 0 aliphatic carbocycles. The van der Waals surface area contributed by atoms with E-state index in [4.69, 9.17) is 0 Å². The van der Waals surface area contributed by atoms with Crippen LogP contribution in [-0.4, -0.2) is 15.7 Å². The van der Waals surface area contributed by atoms with Crippen LogP contribution in [0.1, 0.15) is 15.9 Å². The highest BCUT2D eigenvalue weighted by atomic mass is 16.6. The molecule has 0 aliphatic rings. The van der Waals surface area contributed by atoms with Crippen LogP contribution < -0.4 is 5.32 Å². The van der Waals surface area contributed by atoms with Gasteiger partial charge in [-0.15, -0.1) is 0 Å². The second-order valence-electron chi connectivity index (χ2n) is 5.44. The lowest BCUT2D eigenvalue weighted by molar-refractivity contribution is -0.384. The van der Waals surface area contributed by atoms with Crippen LogP contribution in [0.3, 0.4) is 0 Å². The Morgan fingerprint density at radius 2 is 1.85 bits per heavy atom. The van der Waals surface area contributed by atoms with Crippen LogP contribution in [0.4, 0.5) is 17.2 Å². The molecule has 2 aromatic carbocycles. The van der Waals surface area contributed by atoms with Crippen molar-refractivity contribution in [3.63, 3.8) is 0 Å². The van der Waals surface area contributed by atoms with Crippen LogP contribution >= 0.6 is 0 Å². The molecule has 6 heteroatoms. The van der Waals surface area contributed by atoms with E-state index < -0.39 is 4.92 Å². The zero-order valence-electron chi connectivity index (χ0n) is 13.7. The van der Waals surface area contributed by atoms with Crippen LogP contribution in [0.25, 0.3) is 6.08 Å². The predicted octanol–water partition coefficient (Wildman–Crippen LogP) is 4.63. The largest absolute Gasteiger partial charge is 0.334 e. The van der Waals surface area contributed by atoms with Gasteiger partial charge in [-0.2, -0.15) is 0 Å². The summed E-state index contributed by atoms with van der Waals surface area (Å²) in [5.41, 5.74) is 1.94. The fraction of sp³-hybridized carbons (Fsp3) is 0. The highest BCUT2D eigenvalue weighted by molar-refractivity contribution is 6.06. The molecule has 0 amide bonds. The monoisotopic (exact) mass is 345 g/mol. The smallest absolute Gasteiger partial charge is 0.311 e. The number of aromatic nitrogens is 1. The third-order valence-electron chi connectivity index (χ3n) is 3.62. The summed E-state index contributed by atoms with van der Waals surface area (Å²) in [6.07, 6.45) is 4.68. The molecule has 1 heterocycles. The van der Waals surface area contributed by atoms with E-state index in [1.165, 1.54) is 24.4 Å². The van der Waals surface area contributed by atoms with Crippen LogP contribution in [0.5, 0.6) is 0 Å². The van der Waals surface area contributed by atoms with Gasteiger partial charge in [0.25, 0.3) is 0 Å². The molecule has 1 N–H and O–H groups in total. The zero-order valence-corrected chi connectivity index (χ0v) is 13.7. The van der Waals surface area contributed by atoms with E-state index in [-0.39, 0.29) is 17.3 Å². The first-order valence-corrected chi connectivity index (χ1v) is 7.87. The molecule has 6 nitrogen and oxygen atoms in total. The summed E-state index contributed by atoms with van der Waals surface area (Å²) in [5, 5.41) is 14.0. The molecule has 0 saturated heterocycles. The van der Waals surface area contributed by atoms with Crippen molar-refractivity contribution >= 4 is 29.1 Å². The lowest BCUT2D eigenvalue weighted by Gasteiger charge is -2.06. The van der Waals surface area contributed by atoms with Gasteiger partial charge in [0.2, 0.25) is 5.82 Å². The SMILES string of the molecule is O=C(C=Cc1cccc(Nc2ncccc2[N+](=O)[O-])c1)c1ccccc1. The Bertz CT molecular complexity index is 969. The maximum absolute atomic E-state index is 12.1. The molecule has 1 aromatic heterocycles. The van der Waals surface area contributed by atoms with Gasteiger partial charge in [-0.3, -0.25) is 14.9 Å². The maximum atomic E-state index is 12.1. The van der Waals surface area contributed by atoms with Gasteiger partial charge < -0.3 is 5.32 Å². The second-order valence-corrected chi connectivity index (χ2v) is 5.44. The Kier molecular flexibility index (Phi) is 5.14. The van der Waals surface area contributed by atoms with E-state index >= 15 is 0 Å². The van der Waals surface area contributed by atoms with Crippen LogP contribution in [0.2, 0.25) is 0 Å². The first-order valence-electron chi connectivity index (χ1n) is 7.87. The van der Waals surface area contributed by atoms with Gasteiger partial charge in [0.05, 0.1) is 4.92 Å². The van der Waals surface area contributed by atoms with Crippen molar-refractivity contribution in [1.82, 2.24) is 4.98 Å². The number of anilines is 2. The minimum Gasteiger partial charge on any atom is -0.334 e. The maximum Gasteiger partial charge on any atom is 0.311 e. The average molecular weight is 345 g/mol. The molecule has 0 bridgehead atoms. The summed E-state index contributed by atoms with van der Waals surface area (Å²) < 4.78 is 0. The van der Waals surface area contributed by atoms with E-state index in [0.29, 0.717) is 11.3 Å². The molecular formula is C20H15N3O3. The lowest BCUT2D eigenvalue weighted by Crippen LogP contribution is -1.99. The number of nitro groups is 1. The highest BCUT2D eigenvalue weighted by Gasteiger charge is 2.13. The molecule has 0 spiro atoms. The molecule has 3 rings (SSSR count). The normalized spacial score (nSPS) is 10.6. The fourth-order valence-electron chi connectivity index (χ4n) is 2.37. The number of hydrogen-bond acceptors (Lipinski definition) is 5. The number of nitrogens with zero attached hydrogens (tertiary/aromatic N) is 2. The van der Waals surface area contributed by atoms with Crippen molar-refractivity contribution < 1.29 is 9.72 Å². The molecule has 0 fully saturated rings. The Morgan fingerprint density at radius 1 is 1.04 bits per heavy atom. The molecule has 26 heavy (non-hydrogen) atoms. The van der Waals surface area contributed by atoms with Gasteiger partial charge in [-0.05, 0) is 29.8 Å². The third kappa shape index (κ3) is 4.18. The highest BCUT2D eigenvalue weighted by Crippen LogP contribution is 2.25. The number of benzene rings is 2. The molecule has 0 unspecified atom stereocenters. The van der Waals surface area contributed by atoms with E-state index in [1.54, 1.807) is 36.4 Å². The van der Waals surface area contributed by atoms with Crippen molar-refractivity contribution in [1.29, 1.82) is 0 Å². The molecule has 0 aliphatic heterocycles. The Labute approximate surface area is 150 Å². The third-order valence-corrected chi connectivity index (χ3v) is 3.62. The minimum atomic E-state index is -0.488. The first kappa shape index (κ1) is 17.0. The molecule has 0 atom stereocenters. The van der Waals surface area contributed by atoms with Crippen LogP contribution in [0.15, 0.2) is 79.0 Å². The van der Waals surface area contributed by atoms with Crippen molar-refractivity contribution in [2.24, 2.45) is 0 Å². The van der Waals surface area contributed by atoms with Gasteiger partial charge in [-0.25, -0.2) is 4.98 Å². The number of allylic oxidation sites excluding steroid dienone is 1. The number of nitrogens with one attached hydrogen (secondary N) is 1. The Balaban J connectivity index is 1.78. The fourth-order valence-corrected chi connectivity index (χ4v) is 2.37. The lowest BCUT2D eigenvalue weighted by atomic mass is 10.1. The number of hydrogen-bond donors (Lipinski definition) is 1. The summed E-state index contributed by atoms with van der Waals surface area (Å²) in [6, 6.07) is 19.1. The molecular weight excluding hydrogens is 330 g/mol. The molecule has 0 saturated carbocycles. The molecule has 128 valence electrons. The van der Waals surface area contributed by atoms with Crippen molar-refractivity contribution in [2.75, 3.05) is 5.32 Å². The number of pyridine rings is 1.